The molecule has 1 aromatic rings. The number of rotatable bonds is 4. The van der Waals surface area contributed by atoms with Crippen LogP contribution in [0.5, 0.6) is 0 Å². The number of nitrogens with zero attached hydrogens (tertiary/aromatic N) is 1. The molecule has 1 N–H and O–H groups in total. The fourth-order valence-corrected chi connectivity index (χ4v) is 1.76. The molecule has 0 spiro atoms. The Morgan fingerprint density at radius 1 is 1.83 bits per heavy atom. The van der Waals surface area contributed by atoms with Gasteiger partial charge >= 0.3 is 0 Å². The summed E-state index contributed by atoms with van der Waals surface area (Å²) in [7, 11) is 0. The van der Waals surface area contributed by atoms with E-state index in [0.717, 1.165) is 22.7 Å². The van der Waals surface area contributed by atoms with E-state index in [1.165, 1.54) is 0 Å². The van der Waals surface area contributed by atoms with Gasteiger partial charge in [0.15, 0.2) is 0 Å². The minimum Gasteiger partial charge on any atom is -0.388 e. The molecule has 0 aliphatic rings. The quantitative estimate of drug-likeness (QED) is 0.727. The lowest BCUT2D eigenvalue weighted by atomic mass is 10.2. The fourth-order valence-electron chi connectivity index (χ4n) is 0.950. The van der Waals surface area contributed by atoms with E-state index in [4.69, 9.17) is 0 Å². The van der Waals surface area contributed by atoms with E-state index < -0.39 is 0 Å². The second-order valence-electron chi connectivity index (χ2n) is 2.66. The van der Waals surface area contributed by atoms with E-state index >= 15 is 0 Å². The minimum absolute atomic E-state index is 0.366. The number of aliphatic hydroxyl groups excluding tert-OH is 1. The Balaban J connectivity index is 2.52. The van der Waals surface area contributed by atoms with Crippen LogP contribution in [-0.4, -0.2) is 10.1 Å². The van der Waals surface area contributed by atoms with Crippen LogP contribution >= 0.6 is 11.3 Å². The van der Waals surface area contributed by atoms with Gasteiger partial charge in [0.1, 0.15) is 0 Å². The van der Waals surface area contributed by atoms with Crippen LogP contribution in [0.1, 0.15) is 28.8 Å². The molecule has 1 heterocycles. The van der Waals surface area contributed by atoms with Crippen LogP contribution in [0.15, 0.2) is 18.9 Å². The molecule has 12 heavy (non-hydrogen) atoms. The van der Waals surface area contributed by atoms with Crippen LogP contribution in [-0.2, 0) is 0 Å². The first kappa shape index (κ1) is 9.42. The topological polar surface area (TPSA) is 33.1 Å². The Kier molecular flexibility index (Phi) is 3.44. The molecule has 0 amide bonds. The van der Waals surface area contributed by atoms with E-state index in [2.05, 4.69) is 11.6 Å². The van der Waals surface area contributed by atoms with E-state index in [1.807, 2.05) is 13.0 Å². The highest BCUT2D eigenvalue weighted by atomic mass is 32.1. The normalized spacial score (nSPS) is 12.8. The molecule has 2 nitrogen and oxygen atoms in total. The van der Waals surface area contributed by atoms with Crippen molar-refractivity contribution in [3.63, 3.8) is 0 Å². The van der Waals surface area contributed by atoms with Gasteiger partial charge in [0.2, 0.25) is 0 Å². The maximum atomic E-state index is 9.59. The third-order valence-corrected chi connectivity index (χ3v) is 2.63. The summed E-state index contributed by atoms with van der Waals surface area (Å²) < 4.78 is 0. The largest absolute Gasteiger partial charge is 0.388 e. The third-order valence-electron chi connectivity index (χ3n) is 1.61. The lowest BCUT2D eigenvalue weighted by Gasteiger charge is -2.04. The second-order valence-corrected chi connectivity index (χ2v) is 3.93. The molecule has 0 saturated heterocycles. The van der Waals surface area contributed by atoms with E-state index in [9.17, 15) is 5.11 Å². The SMILES string of the molecule is C=CCCC(O)c1cnc(C)s1. The van der Waals surface area contributed by atoms with Gasteiger partial charge in [-0.2, -0.15) is 0 Å². The van der Waals surface area contributed by atoms with Crippen molar-refractivity contribution >= 4 is 11.3 Å². The maximum Gasteiger partial charge on any atom is 0.0901 e. The maximum absolute atomic E-state index is 9.59. The van der Waals surface area contributed by atoms with Crippen molar-refractivity contribution in [3.05, 3.63) is 28.7 Å². The average molecular weight is 183 g/mol. The molecule has 3 heteroatoms. The first-order valence-corrected chi connectivity index (χ1v) is 4.77. The van der Waals surface area contributed by atoms with Crippen molar-refractivity contribution in [2.75, 3.05) is 0 Å². The van der Waals surface area contributed by atoms with Gasteiger partial charge in [-0.3, -0.25) is 0 Å². The Morgan fingerprint density at radius 3 is 3.08 bits per heavy atom. The van der Waals surface area contributed by atoms with Crippen LogP contribution < -0.4 is 0 Å². The average Bonchev–Trinajstić information content (AvgIpc) is 2.47. The summed E-state index contributed by atoms with van der Waals surface area (Å²) >= 11 is 1.55. The highest BCUT2D eigenvalue weighted by Crippen LogP contribution is 2.23. The molecule has 66 valence electrons. The van der Waals surface area contributed by atoms with Crippen molar-refractivity contribution in [1.29, 1.82) is 0 Å². The molecule has 0 aliphatic carbocycles. The standard InChI is InChI=1S/C9H13NOS/c1-3-4-5-8(11)9-6-10-7(2)12-9/h3,6,8,11H,1,4-5H2,2H3. The van der Waals surface area contributed by atoms with Gasteiger partial charge in [-0.05, 0) is 19.8 Å². The van der Waals surface area contributed by atoms with E-state index in [1.54, 1.807) is 17.5 Å². The Morgan fingerprint density at radius 2 is 2.58 bits per heavy atom. The molecule has 1 unspecified atom stereocenters. The molecular formula is C9H13NOS. The van der Waals surface area contributed by atoms with Crippen molar-refractivity contribution in [1.82, 2.24) is 4.98 Å². The first-order valence-electron chi connectivity index (χ1n) is 3.95. The predicted octanol–water partition coefficient (Wildman–Crippen LogP) is 2.45. The number of hydrogen-bond acceptors (Lipinski definition) is 3. The summed E-state index contributed by atoms with van der Waals surface area (Å²) in [6, 6.07) is 0. The third kappa shape index (κ3) is 2.43. The summed E-state index contributed by atoms with van der Waals surface area (Å²) in [5.41, 5.74) is 0. The van der Waals surface area contributed by atoms with Crippen molar-refractivity contribution in [3.8, 4) is 0 Å². The molecule has 1 rings (SSSR count). The Bertz CT molecular complexity index is 257. The van der Waals surface area contributed by atoms with Gasteiger partial charge in [0.05, 0.1) is 16.0 Å². The highest BCUT2D eigenvalue weighted by Gasteiger charge is 2.08. The summed E-state index contributed by atoms with van der Waals surface area (Å²) in [5.74, 6) is 0. The van der Waals surface area contributed by atoms with E-state index in [0.29, 0.717) is 0 Å². The van der Waals surface area contributed by atoms with Gasteiger partial charge in [0.25, 0.3) is 0 Å². The molecule has 0 saturated carbocycles. The highest BCUT2D eigenvalue weighted by molar-refractivity contribution is 7.11. The minimum atomic E-state index is -0.366. The lowest BCUT2D eigenvalue weighted by molar-refractivity contribution is 0.172. The molecule has 0 radical (unpaired) electrons. The molecule has 0 fully saturated rings. The molecule has 0 aromatic carbocycles. The molecule has 0 aliphatic heterocycles. The smallest absolute Gasteiger partial charge is 0.0901 e. The van der Waals surface area contributed by atoms with E-state index in [-0.39, 0.29) is 6.10 Å². The lowest BCUT2D eigenvalue weighted by Crippen LogP contribution is -1.92. The first-order chi connectivity index (χ1) is 5.74. The monoisotopic (exact) mass is 183 g/mol. The summed E-state index contributed by atoms with van der Waals surface area (Å²) in [4.78, 5) is 5.03. The van der Waals surface area contributed by atoms with Gasteiger partial charge in [-0.15, -0.1) is 17.9 Å². The van der Waals surface area contributed by atoms with Crippen LogP contribution in [0, 0.1) is 6.92 Å². The molecule has 1 atom stereocenters. The number of aromatic nitrogens is 1. The number of aliphatic hydroxyl groups is 1. The Hall–Kier alpha value is -0.670. The van der Waals surface area contributed by atoms with Crippen molar-refractivity contribution < 1.29 is 5.11 Å². The number of hydrogen-bond donors (Lipinski definition) is 1. The van der Waals surface area contributed by atoms with Crippen LogP contribution in [0.4, 0.5) is 0 Å². The zero-order valence-corrected chi connectivity index (χ0v) is 7.97. The zero-order chi connectivity index (χ0) is 8.97. The zero-order valence-electron chi connectivity index (χ0n) is 7.16. The van der Waals surface area contributed by atoms with Gasteiger partial charge in [-0.25, -0.2) is 4.98 Å². The fraction of sp³-hybridized carbons (Fsp3) is 0.444. The summed E-state index contributed by atoms with van der Waals surface area (Å²) in [6.45, 7) is 5.55. The molecule has 1 aromatic heterocycles. The number of aryl methyl sites for hydroxylation is 1. The van der Waals surface area contributed by atoms with Crippen molar-refractivity contribution in [2.24, 2.45) is 0 Å². The van der Waals surface area contributed by atoms with Gasteiger partial charge in [-0.1, -0.05) is 6.08 Å². The van der Waals surface area contributed by atoms with Gasteiger partial charge < -0.3 is 5.11 Å². The van der Waals surface area contributed by atoms with Gasteiger partial charge in [0, 0.05) is 6.20 Å². The van der Waals surface area contributed by atoms with Crippen LogP contribution in [0.3, 0.4) is 0 Å². The Labute approximate surface area is 76.6 Å². The predicted molar refractivity (Wildman–Crippen MR) is 51.2 cm³/mol. The summed E-state index contributed by atoms with van der Waals surface area (Å²) in [5, 5.41) is 10.6. The number of thiazole rings is 1. The van der Waals surface area contributed by atoms with Crippen LogP contribution in [0.25, 0.3) is 0 Å². The number of allylic oxidation sites excluding steroid dienone is 1. The molecular weight excluding hydrogens is 170 g/mol. The van der Waals surface area contributed by atoms with Crippen molar-refractivity contribution in [2.45, 2.75) is 25.9 Å². The molecule has 0 bridgehead atoms. The second kappa shape index (κ2) is 4.38. The van der Waals surface area contributed by atoms with Crippen LogP contribution in [0.2, 0.25) is 0 Å². The summed E-state index contributed by atoms with van der Waals surface area (Å²) in [6.07, 6.45) is 4.78.